The number of benzene rings is 2. The molecule has 28 heavy (non-hydrogen) atoms. The van der Waals surface area contributed by atoms with E-state index in [1.54, 1.807) is 6.20 Å². The molecule has 3 rings (SSSR count). The van der Waals surface area contributed by atoms with Crippen LogP contribution in [-0.2, 0) is 0 Å². The van der Waals surface area contributed by atoms with Gasteiger partial charge in [-0.1, -0.05) is 32.0 Å². The van der Waals surface area contributed by atoms with Crippen LogP contribution >= 0.6 is 0 Å². The van der Waals surface area contributed by atoms with E-state index in [4.69, 9.17) is 4.74 Å². The molecule has 3 aromatic rings. The Morgan fingerprint density at radius 2 is 1.68 bits per heavy atom. The zero-order valence-corrected chi connectivity index (χ0v) is 16.1. The van der Waals surface area contributed by atoms with E-state index in [0.29, 0.717) is 24.0 Å². The van der Waals surface area contributed by atoms with Gasteiger partial charge in [-0.05, 0) is 48.7 Å². The quantitative estimate of drug-likeness (QED) is 0.591. The number of anilines is 2. The topological polar surface area (TPSA) is 76.1 Å². The zero-order chi connectivity index (χ0) is 19.8. The Balaban J connectivity index is 1.54. The average molecular weight is 376 g/mol. The van der Waals surface area contributed by atoms with Crippen LogP contribution < -0.4 is 15.4 Å². The van der Waals surface area contributed by atoms with Gasteiger partial charge in [0.25, 0.3) is 5.91 Å². The minimum atomic E-state index is -0.206. The van der Waals surface area contributed by atoms with Crippen molar-refractivity contribution in [2.45, 2.75) is 20.3 Å². The summed E-state index contributed by atoms with van der Waals surface area (Å²) in [5.74, 6) is 2.44. The van der Waals surface area contributed by atoms with Gasteiger partial charge in [-0.15, -0.1) is 0 Å². The molecule has 2 N–H and O–H groups in total. The highest BCUT2D eigenvalue weighted by Crippen LogP contribution is 2.23. The first-order valence-corrected chi connectivity index (χ1v) is 9.30. The molecule has 0 unspecified atom stereocenters. The molecule has 0 aliphatic carbocycles. The van der Waals surface area contributed by atoms with Crippen molar-refractivity contribution in [2.75, 3.05) is 11.9 Å². The summed E-state index contributed by atoms with van der Waals surface area (Å²) in [5, 5.41) is 6.01. The Morgan fingerprint density at radius 3 is 2.32 bits per heavy atom. The van der Waals surface area contributed by atoms with Crippen molar-refractivity contribution in [3.63, 3.8) is 0 Å². The molecule has 2 aromatic carbocycles. The second kappa shape index (κ2) is 9.50. The molecule has 6 nitrogen and oxygen atoms in total. The predicted molar refractivity (Wildman–Crippen MR) is 110 cm³/mol. The van der Waals surface area contributed by atoms with Gasteiger partial charge in [0.05, 0.1) is 12.4 Å². The summed E-state index contributed by atoms with van der Waals surface area (Å²) in [7, 11) is 0. The summed E-state index contributed by atoms with van der Waals surface area (Å²) in [6.07, 6.45) is 3.95. The summed E-state index contributed by atoms with van der Waals surface area (Å²) >= 11 is 0. The Kier molecular flexibility index (Phi) is 6.57. The monoisotopic (exact) mass is 376 g/mol. The molecule has 0 aliphatic rings. The molecule has 6 heteroatoms. The number of carbonyl (C=O) groups is 1. The third-order valence-electron chi connectivity index (χ3n) is 4.00. The summed E-state index contributed by atoms with van der Waals surface area (Å²) < 4.78 is 5.77. The molecule has 1 heterocycles. The van der Waals surface area contributed by atoms with Gasteiger partial charge in [-0.2, -0.15) is 0 Å². The van der Waals surface area contributed by atoms with Crippen LogP contribution in [0.4, 0.5) is 11.5 Å². The van der Waals surface area contributed by atoms with E-state index in [1.165, 1.54) is 6.20 Å². The highest BCUT2D eigenvalue weighted by molar-refractivity contribution is 5.92. The van der Waals surface area contributed by atoms with Gasteiger partial charge >= 0.3 is 0 Å². The molecule has 0 spiro atoms. The summed E-state index contributed by atoms with van der Waals surface area (Å²) in [4.78, 5) is 20.5. The molecule has 0 saturated heterocycles. The highest BCUT2D eigenvalue weighted by Gasteiger charge is 2.08. The number of carbonyl (C=O) groups excluding carboxylic acids is 1. The molecule has 1 aromatic heterocycles. The number of ether oxygens (including phenoxy) is 1. The number of aromatic nitrogens is 2. The Morgan fingerprint density at radius 1 is 0.964 bits per heavy atom. The summed E-state index contributed by atoms with van der Waals surface area (Å²) in [6.45, 7) is 4.87. The van der Waals surface area contributed by atoms with E-state index in [9.17, 15) is 4.79 Å². The highest BCUT2D eigenvalue weighted by atomic mass is 16.5. The molecule has 144 valence electrons. The molecule has 0 radical (unpaired) electrons. The van der Waals surface area contributed by atoms with Crippen molar-refractivity contribution in [3.05, 3.63) is 72.7 Å². The average Bonchev–Trinajstić information content (AvgIpc) is 2.70. The van der Waals surface area contributed by atoms with E-state index in [1.807, 2.05) is 54.6 Å². The second-order valence-corrected chi connectivity index (χ2v) is 6.79. The number of hydrogen-bond acceptors (Lipinski definition) is 5. The predicted octanol–water partition coefficient (Wildman–Crippen LogP) is 4.79. The lowest BCUT2D eigenvalue weighted by atomic mass is 10.1. The van der Waals surface area contributed by atoms with Gasteiger partial charge in [0.2, 0.25) is 0 Å². The van der Waals surface area contributed by atoms with Crippen molar-refractivity contribution in [1.82, 2.24) is 15.3 Å². The van der Waals surface area contributed by atoms with Gasteiger partial charge in [-0.3, -0.25) is 4.79 Å². The van der Waals surface area contributed by atoms with Crippen molar-refractivity contribution in [1.29, 1.82) is 0 Å². The van der Waals surface area contributed by atoms with Crippen LogP contribution in [0.1, 0.15) is 30.8 Å². The first kappa shape index (κ1) is 19.4. The summed E-state index contributed by atoms with van der Waals surface area (Å²) in [6, 6.07) is 17.2. The standard InChI is InChI=1S/C22H24N4O2/c1-16(2)12-13-23-22(27)20-14-25-21(15-24-20)26-17-8-10-19(11-9-17)28-18-6-4-3-5-7-18/h3-11,14-16H,12-13H2,1-2H3,(H,23,27)(H,25,26). The molecule has 1 amide bonds. The first-order chi connectivity index (χ1) is 13.6. The van der Waals surface area contributed by atoms with Crippen LogP contribution in [0.25, 0.3) is 0 Å². The van der Waals surface area contributed by atoms with Crippen molar-refractivity contribution >= 4 is 17.4 Å². The Bertz CT molecular complexity index is 879. The van der Waals surface area contributed by atoms with Gasteiger partial charge in [0.1, 0.15) is 23.0 Å². The maximum atomic E-state index is 12.0. The van der Waals surface area contributed by atoms with Crippen LogP contribution in [0.2, 0.25) is 0 Å². The van der Waals surface area contributed by atoms with E-state index in [-0.39, 0.29) is 5.91 Å². The fourth-order valence-electron chi connectivity index (χ4n) is 2.45. The number of hydrogen-bond donors (Lipinski definition) is 2. The van der Waals surface area contributed by atoms with E-state index in [2.05, 4.69) is 34.4 Å². The number of nitrogens with one attached hydrogen (secondary N) is 2. The van der Waals surface area contributed by atoms with Gasteiger partial charge in [0, 0.05) is 12.2 Å². The number of para-hydroxylation sites is 1. The minimum absolute atomic E-state index is 0.206. The number of rotatable bonds is 8. The van der Waals surface area contributed by atoms with Crippen LogP contribution in [-0.4, -0.2) is 22.4 Å². The van der Waals surface area contributed by atoms with Gasteiger partial charge in [0.15, 0.2) is 0 Å². The van der Waals surface area contributed by atoms with E-state index in [0.717, 1.165) is 23.6 Å². The van der Waals surface area contributed by atoms with Crippen molar-refractivity contribution in [2.24, 2.45) is 5.92 Å². The second-order valence-electron chi connectivity index (χ2n) is 6.79. The van der Waals surface area contributed by atoms with E-state index >= 15 is 0 Å². The van der Waals surface area contributed by atoms with Crippen molar-refractivity contribution in [3.8, 4) is 11.5 Å². The van der Waals surface area contributed by atoms with E-state index < -0.39 is 0 Å². The lowest BCUT2D eigenvalue weighted by Crippen LogP contribution is -2.26. The van der Waals surface area contributed by atoms with Crippen molar-refractivity contribution < 1.29 is 9.53 Å². The summed E-state index contributed by atoms with van der Waals surface area (Å²) in [5.41, 5.74) is 1.16. The Labute approximate surface area is 165 Å². The number of amides is 1. The smallest absolute Gasteiger partial charge is 0.271 e. The minimum Gasteiger partial charge on any atom is -0.457 e. The van der Waals surface area contributed by atoms with Crippen LogP contribution in [0, 0.1) is 5.92 Å². The van der Waals surface area contributed by atoms with Crippen LogP contribution in [0.5, 0.6) is 11.5 Å². The zero-order valence-electron chi connectivity index (χ0n) is 16.1. The molecule has 0 atom stereocenters. The molecule has 0 aliphatic heterocycles. The molecule has 0 saturated carbocycles. The maximum absolute atomic E-state index is 12.0. The fourth-order valence-corrected chi connectivity index (χ4v) is 2.45. The Hall–Kier alpha value is -3.41. The van der Waals surface area contributed by atoms with Crippen LogP contribution in [0.15, 0.2) is 67.0 Å². The lowest BCUT2D eigenvalue weighted by Gasteiger charge is -2.09. The van der Waals surface area contributed by atoms with Gasteiger partial charge < -0.3 is 15.4 Å². The SMILES string of the molecule is CC(C)CCNC(=O)c1cnc(Nc2ccc(Oc3ccccc3)cc2)cn1. The maximum Gasteiger partial charge on any atom is 0.271 e. The van der Waals surface area contributed by atoms with Crippen LogP contribution in [0.3, 0.4) is 0 Å². The lowest BCUT2D eigenvalue weighted by molar-refractivity contribution is 0.0946. The first-order valence-electron chi connectivity index (χ1n) is 9.30. The molecule has 0 fully saturated rings. The molecular formula is C22H24N4O2. The largest absolute Gasteiger partial charge is 0.457 e. The molecular weight excluding hydrogens is 352 g/mol. The normalized spacial score (nSPS) is 10.5. The van der Waals surface area contributed by atoms with Gasteiger partial charge in [-0.25, -0.2) is 9.97 Å². The number of nitrogens with zero attached hydrogens (tertiary/aromatic N) is 2. The third kappa shape index (κ3) is 5.81. The third-order valence-corrected chi connectivity index (χ3v) is 4.00. The fraction of sp³-hybridized carbons (Fsp3) is 0.227. The molecule has 0 bridgehead atoms.